The lowest BCUT2D eigenvalue weighted by molar-refractivity contribution is -0.121. The van der Waals surface area contributed by atoms with Crippen LogP contribution in [0.4, 0.5) is 0 Å². The van der Waals surface area contributed by atoms with Gasteiger partial charge in [-0.1, -0.05) is 27.7 Å². The first kappa shape index (κ1) is 10.5. The standard InChI is InChI=1S/C13H25N/c1-9(2)13(10(3)4)11-5-6-14-8-12(13)7-11/h9-12,14H,5-8H2,1-4H3. The minimum Gasteiger partial charge on any atom is -0.316 e. The summed E-state index contributed by atoms with van der Waals surface area (Å²) in [5, 5.41) is 3.60. The fourth-order valence-electron chi connectivity index (χ4n) is 4.66. The highest BCUT2D eigenvalue weighted by Gasteiger charge is 2.57. The fraction of sp³-hybridized carbons (Fsp3) is 1.00. The largest absolute Gasteiger partial charge is 0.316 e. The quantitative estimate of drug-likeness (QED) is 0.714. The minimum absolute atomic E-state index is 0.656. The molecule has 3 aliphatic rings. The third-order valence-corrected chi connectivity index (χ3v) is 5.04. The van der Waals surface area contributed by atoms with Crippen molar-refractivity contribution in [3.8, 4) is 0 Å². The summed E-state index contributed by atoms with van der Waals surface area (Å²) in [7, 11) is 0. The highest BCUT2D eigenvalue weighted by molar-refractivity contribution is 5.07. The lowest BCUT2D eigenvalue weighted by Gasteiger charge is -2.61. The van der Waals surface area contributed by atoms with Gasteiger partial charge in [-0.3, -0.25) is 0 Å². The Morgan fingerprint density at radius 2 is 1.71 bits per heavy atom. The third kappa shape index (κ3) is 1.18. The molecule has 2 atom stereocenters. The van der Waals surface area contributed by atoms with E-state index in [0.717, 1.165) is 23.7 Å². The Bertz CT molecular complexity index is 181. The first-order valence-corrected chi connectivity index (χ1v) is 6.30. The average Bonchev–Trinajstić information content (AvgIpc) is 2.34. The van der Waals surface area contributed by atoms with Crippen molar-refractivity contribution < 1.29 is 0 Å². The summed E-state index contributed by atoms with van der Waals surface area (Å²) in [5.41, 5.74) is 0.656. The summed E-state index contributed by atoms with van der Waals surface area (Å²) in [5.74, 6) is 3.66. The van der Waals surface area contributed by atoms with Gasteiger partial charge in [0.1, 0.15) is 0 Å². The second kappa shape index (κ2) is 3.52. The summed E-state index contributed by atoms with van der Waals surface area (Å²) in [4.78, 5) is 0. The van der Waals surface area contributed by atoms with E-state index in [1.807, 2.05) is 0 Å². The monoisotopic (exact) mass is 195 g/mol. The zero-order valence-electron chi connectivity index (χ0n) is 10.1. The molecule has 0 radical (unpaired) electrons. The average molecular weight is 195 g/mol. The molecule has 1 aliphatic carbocycles. The molecule has 0 aromatic heterocycles. The predicted molar refractivity (Wildman–Crippen MR) is 61.2 cm³/mol. The van der Waals surface area contributed by atoms with Gasteiger partial charge in [0.25, 0.3) is 0 Å². The van der Waals surface area contributed by atoms with Crippen LogP contribution in [0.2, 0.25) is 0 Å². The number of nitrogens with one attached hydrogen (secondary N) is 1. The van der Waals surface area contributed by atoms with Crippen molar-refractivity contribution in [1.82, 2.24) is 5.32 Å². The van der Waals surface area contributed by atoms with Crippen LogP contribution in [-0.4, -0.2) is 13.1 Å². The van der Waals surface area contributed by atoms with E-state index in [-0.39, 0.29) is 0 Å². The van der Waals surface area contributed by atoms with Crippen LogP contribution < -0.4 is 5.32 Å². The Morgan fingerprint density at radius 3 is 2.29 bits per heavy atom. The van der Waals surface area contributed by atoms with E-state index in [0.29, 0.717) is 5.41 Å². The molecule has 0 aromatic rings. The number of hydrogen-bond donors (Lipinski definition) is 1. The van der Waals surface area contributed by atoms with Crippen molar-refractivity contribution in [2.24, 2.45) is 29.1 Å². The van der Waals surface area contributed by atoms with Gasteiger partial charge < -0.3 is 5.32 Å². The first-order valence-electron chi connectivity index (χ1n) is 6.30. The van der Waals surface area contributed by atoms with Gasteiger partial charge in [-0.05, 0) is 55.0 Å². The van der Waals surface area contributed by atoms with Crippen LogP contribution in [0.25, 0.3) is 0 Å². The molecule has 0 spiro atoms. The molecule has 2 heterocycles. The molecule has 1 N–H and O–H groups in total. The topological polar surface area (TPSA) is 12.0 Å². The minimum atomic E-state index is 0.656. The highest BCUT2D eigenvalue weighted by atomic mass is 14.9. The molecule has 14 heavy (non-hydrogen) atoms. The summed E-state index contributed by atoms with van der Waals surface area (Å²) in [6, 6.07) is 0. The number of hydrogen-bond acceptors (Lipinski definition) is 1. The van der Waals surface area contributed by atoms with Crippen molar-refractivity contribution in [1.29, 1.82) is 0 Å². The SMILES string of the molecule is CC(C)C1(C(C)C)C2CCNCC1C2. The summed E-state index contributed by atoms with van der Waals surface area (Å²) in [6.45, 7) is 12.3. The Balaban J connectivity index is 2.26. The van der Waals surface area contributed by atoms with E-state index >= 15 is 0 Å². The Hall–Kier alpha value is -0.0400. The van der Waals surface area contributed by atoms with Crippen molar-refractivity contribution >= 4 is 0 Å². The van der Waals surface area contributed by atoms with Gasteiger partial charge in [0, 0.05) is 0 Å². The number of rotatable bonds is 2. The van der Waals surface area contributed by atoms with Crippen LogP contribution in [0.5, 0.6) is 0 Å². The molecule has 3 rings (SSSR count). The molecular formula is C13H25N. The second-order valence-electron chi connectivity index (χ2n) is 5.93. The molecule has 82 valence electrons. The molecule has 1 heteroatoms. The molecule has 2 bridgehead atoms. The summed E-state index contributed by atoms with van der Waals surface area (Å²) in [6.07, 6.45) is 2.90. The van der Waals surface area contributed by atoms with Gasteiger partial charge in [0.2, 0.25) is 0 Å². The Kier molecular flexibility index (Phi) is 2.63. The molecule has 1 saturated carbocycles. The van der Waals surface area contributed by atoms with Gasteiger partial charge in [0.15, 0.2) is 0 Å². The molecule has 1 nitrogen and oxygen atoms in total. The van der Waals surface area contributed by atoms with Gasteiger partial charge in [0.05, 0.1) is 0 Å². The third-order valence-electron chi connectivity index (χ3n) is 5.04. The van der Waals surface area contributed by atoms with Crippen molar-refractivity contribution in [3.63, 3.8) is 0 Å². The van der Waals surface area contributed by atoms with Gasteiger partial charge in [-0.25, -0.2) is 0 Å². The van der Waals surface area contributed by atoms with E-state index in [2.05, 4.69) is 33.0 Å². The van der Waals surface area contributed by atoms with Gasteiger partial charge in [-0.15, -0.1) is 0 Å². The zero-order valence-corrected chi connectivity index (χ0v) is 10.1. The van der Waals surface area contributed by atoms with Crippen LogP contribution in [0.3, 0.4) is 0 Å². The van der Waals surface area contributed by atoms with E-state index in [9.17, 15) is 0 Å². The van der Waals surface area contributed by atoms with Gasteiger partial charge in [-0.2, -0.15) is 0 Å². The maximum Gasteiger partial charge on any atom is -0.00148 e. The zero-order chi connectivity index (χ0) is 10.3. The molecule has 0 aromatic carbocycles. The highest BCUT2D eigenvalue weighted by Crippen LogP contribution is 2.62. The first-order chi connectivity index (χ1) is 6.60. The Labute approximate surface area is 88.7 Å². The molecule has 2 aliphatic heterocycles. The molecule has 2 unspecified atom stereocenters. The van der Waals surface area contributed by atoms with E-state index in [1.165, 1.54) is 25.9 Å². The van der Waals surface area contributed by atoms with Crippen LogP contribution in [0.1, 0.15) is 40.5 Å². The maximum atomic E-state index is 3.60. The van der Waals surface area contributed by atoms with Crippen LogP contribution in [0.15, 0.2) is 0 Å². The van der Waals surface area contributed by atoms with Crippen LogP contribution in [-0.2, 0) is 0 Å². The van der Waals surface area contributed by atoms with E-state index < -0.39 is 0 Å². The maximum absolute atomic E-state index is 3.60. The molecule has 3 fully saturated rings. The van der Waals surface area contributed by atoms with Crippen LogP contribution in [0, 0.1) is 29.1 Å². The lowest BCUT2D eigenvalue weighted by Crippen LogP contribution is -2.56. The summed E-state index contributed by atoms with van der Waals surface area (Å²) >= 11 is 0. The van der Waals surface area contributed by atoms with Crippen molar-refractivity contribution in [3.05, 3.63) is 0 Å². The second-order valence-corrected chi connectivity index (χ2v) is 5.93. The smallest absolute Gasteiger partial charge is 0.00148 e. The Morgan fingerprint density at radius 1 is 1.07 bits per heavy atom. The van der Waals surface area contributed by atoms with E-state index in [4.69, 9.17) is 0 Å². The lowest BCUT2D eigenvalue weighted by atomic mass is 9.44. The summed E-state index contributed by atoms with van der Waals surface area (Å²) < 4.78 is 0. The molecule has 2 saturated heterocycles. The van der Waals surface area contributed by atoms with Gasteiger partial charge >= 0.3 is 0 Å². The molecule has 0 amide bonds. The van der Waals surface area contributed by atoms with E-state index in [1.54, 1.807) is 0 Å². The fourth-order valence-corrected chi connectivity index (χ4v) is 4.66. The predicted octanol–water partition coefficient (Wildman–Crippen LogP) is 2.91. The van der Waals surface area contributed by atoms with Crippen LogP contribution >= 0.6 is 0 Å². The van der Waals surface area contributed by atoms with Crippen molar-refractivity contribution in [2.75, 3.05) is 13.1 Å². The normalized spacial score (nSPS) is 35.6. The molecular weight excluding hydrogens is 170 g/mol. The van der Waals surface area contributed by atoms with Crippen molar-refractivity contribution in [2.45, 2.75) is 40.5 Å². The number of fused-ring (bicyclic) bond motifs is 3.